The lowest BCUT2D eigenvalue weighted by atomic mass is 10.0. The molecule has 1 aliphatic heterocycles. The first-order valence-corrected chi connectivity index (χ1v) is 6.80. The van der Waals surface area contributed by atoms with Crippen LogP contribution in [-0.2, 0) is 4.79 Å². The molecule has 0 bridgehead atoms. The lowest BCUT2D eigenvalue weighted by Gasteiger charge is -2.29. The fourth-order valence-electron chi connectivity index (χ4n) is 2.03. The second-order valence-corrected chi connectivity index (χ2v) is 5.67. The molecular weight excluding hydrogens is 234 g/mol. The van der Waals surface area contributed by atoms with E-state index in [2.05, 4.69) is 37.4 Å². The van der Waals surface area contributed by atoms with Crippen LogP contribution in [0.5, 0.6) is 0 Å². The SMILES string of the molecule is Cc1ccc(C)c(C2NC(C(=O)O)CCS2)c1. The lowest BCUT2D eigenvalue weighted by molar-refractivity contribution is -0.139. The number of carboxylic acid groups (broad SMARTS) is 1. The molecule has 0 aliphatic carbocycles. The summed E-state index contributed by atoms with van der Waals surface area (Å²) in [5, 5.41) is 12.4. The molecule has 17 heavy (non-hydrogen) atoms. The summed E-state index contributed by atoms with van der Waals surface area (Å²) < 4.78 is 0. The van der Waals surface area contributed by atoms with Crippen LogP contribution in [0.1, 0.15) is 28.5 Å². The van der Waals surface area contributed by atoms with Crippen LogP contribution >= 0.6 is 11.8 Å². The van der Waals surface area contributed by atoms with E-state index in [0.717, 1.165) is 5.75 Å². The van der Waals surface area contributed by atoms with Crippen molar-refractivity contribution in [3.8, 4) is 0 Å². The number of aliphatic carboxylic acids is 1. The van der Waals surface area contributed by atoms with Crippen LogP contribution in [-0.4, -0.2) is 22.9 Å². The number of hydrogen-bond donors (Lipinski definition) is 2. The zero-order chi connectivity index (χ0) is 12.4. The normalized spacial score (nSPS) is 24.6. The quantitative estimate of drug-likeness (QED) is 0.848. The molecule has 1 fully saturated rings. The van der Waals surface area contributed by atoms with Crippen molar-refractivity contribution in [2.45, 2.75) is 31.7 Å². The zero-order valence-corrected chi connectivity index (χ0v) is 10.9. The Morgan fingerprint density at radius 3 is 2.94 bits per heavy atom. The van der Waals surface area contributed by atoms with Crippen molar-refractivity contribution >= 4 is 17.7 Å². The molecule has 4 heteroatoms. The number of aryl methyl sites for hydroxylation is 2. The van der Waals surface area contributed by atoms with E-state index in [-0.39, 0.29) is 5.37 Å². The van der Waals surface area contributed by atoms with Crippen LogP contribution in [0.3, 0.4) is 0 Å². The monoisotopic (exact) mass is 251 g/mol. The Balaban J connectivity index is 2.21. The number of carbonyl (C=O) groups is 1. The summed E-state index contributed by atoms with van der Waals surface area (Å²) in [4.78, 5) is 11.0. The number of hydrogen-bond acceptors (Lipinski definition) is 3. The summed E-state index contributed by atoms with van der Waals surface area (Å²) in [6.07, 6.45) is 0.696. The van der Waals surface area contributed by atoms with E-state index < -0.39 is 12.0 Å². The lowest BCUT2D eigenvalue weighted by Crippen LogP contribution is -2.42. The van der Waals surface area contributed by atoms with Crippen LogP contribution < -0.4 is 5.32 Å². The van der Waals surface area contributed by atoms with Crippen LogP contribution in [0.25, 0.3) is 0 Å². The van der Waals surface area contributed by atoms with Gasteiger partial charge >= 0.3 is 5.97 Å². The fraction of sp³-hybridized carbons (Fsp3) is 0.462. The van der Waals surface area contributed by atoms with Gasteiger partial charge in [-0.2, -0.15) is 0 Å². The topological polar surface area (TPSA) is 49.3 Å². The molecular formula is C13H17NO2S. The van der Waals surface area contributed by atoms with Crippen molar-refractivity contribution in [1.82, 2.24) is 5.32 Å². The van der Waals surface area contributed by atoms with Crippen molar-refractivity contribution < 1.29 is 9.90 Å². The molecule has 1 saturated heterocycles. The summed E-state index contributed by atoms with van der Waals surface area (Å²) in [6, 6.07) is 5.91. The molecule has 0 spiro atoms. The van der Waals surface area contributed by atoms with Gasteiger partial charge in [0.15, 0.2) is 0 Å². The van der Waals surface area contributed by atoms with Gasteiger partial charge in [0.2, 0.25) is 0 Å². The Morgan fingerprint density at radius 2 is 2.24 bits per heavy atom. The van der Waals surface area contributed by atoms with E-state index in [1.54, 1.807) is 11.8 Å². The van der Waals surface area contributed by atoms with Crippen molar-refractivity contribution in [3.05, 3.63) is 34.9 Å². The third-order valence-corrected chi connectivity index (χ3v) is 4.25. The fourth-order valence-corrected chi connectivity index (χ4v) is 3.34. The maximum absolute atomic E-state index is 11.0. The van der Waals surface area contributed by atoms with Crippen LogP contribution in [0.2, 0.25) is 0 Å². The van der Waals surface area contributed by atoms with E-state index in [9.17, 15) is 4.79 Å². The second kappa shape index (κ2) is 5.10. The molecule has 1 aliphatic rings. The number of benzene rings is 1. The highest BCUT2D eigenvalue weighted by Crippen LogP contribution is 2.33. The van der Waals surface area contributed by atoms with Gasteiger partial charge < -0.3 is 5.11 Å². The Morgan fingerprint density at radius 1 is 1.47 bits per heavy atom. The van der Waals surface area contributed by atoms with E-state index >= 15 is 0 Å². The van der Waals surface area contributed by atoms with Crippen molar-refractivity contribution in [1.29, 1.82) is 0 Å². The van der Waals surface area contributed by atoms with Crippen molar-refractivity contribution in [3.63, 3.8) is 0 Å². The van der Waals surface area contributed by atoms with E-state index in [4.69, 9.17) is 5.11 Å². The first kappa shape index (κ1) is 12.5. The molecule has 2 atom stereocenters. The molecule has 0 radical (unpaired) electrons. The molecule has 2 rings (SSSR count). The van der Waals surface area contributed by atoms with Gasteiger partial charge in [0, 0.05) is 0 Å². The molecule has 1 aromatic carbocycles. The summed E-state index contributed by atoms with van der Waals surface area (Å²) in [5.41, 5.74) is 3.64. The van der Waals surface area contributed by atoms with Gasteiger partial charge in [-0.15, -0.1) is 11.8 Å². The highest BCUT2D eigenvalue weighted by molar-refractivity contribution is 7.99. The molecule has 1 heterocycles. The maximum Gasteiger partial charge on any atom is 0.320 e. The highest BCUT2D eigenvalue weighted by atomic mass is 32.2. The average molecular weight is 251 g/mol. The Labute approximate surface area is 106 Å². The minimum Gasteiger partial charge on any atom is -0.480 e. The third-order valence-electron chi connectivity index (χ3n) is 3.06. The zero-order valence-electron chi connectivity index (χ0n) is 10.1. The van der Waals surface area contributed by atoms with Crippen molar-refractivity contribution in [2.24, 2.45) is 0 Å². The largest absolute Gasteiger partial charge is 0.480 e. The summed E-state index contributed by atoms with van der Waals surface area (Å²) in [7, 11) is 0. The molecule has 0 saturated carbocycles. The summed E-state index contributed by atoms with van der Waals surface area (Å²) in [6.45, 7) is 4.13. The summed E-state index contributed by atoms with van der Waals surface area (Å²) in [5.74, 6) is 0.141. The molecule has 2 unspecified atom stereocenters. The smallest absolute Gasteiger partial charge is 0.320 e. The number of rotatable bonds is 2. The number of carboxylic acids is 1. The highest BCUT2D eigenvalue weighted by Gasteiger charge is 2.27. The van der Waals surface area contributed by atoms with Gasteiger partial charge in [-0.05, 0) is 37.1 Å². The first-order valence-electron chi connectivity index (χ1n) is 5.75. The summed E-state index contributed by atoms with van der Waals surface area (Å²) >= 11 is 1.79. The molecule has 0 aromatic heterocycles. The Hall–Kier alpha value is -1.00. The molecule has 3 nitrogen and oxygen atoms in total. The molecule has 92 valence electrons. The standard InChI is InChI=1S/C13H17NO2S/c1-8-3-4-9(2)10(7-8)12-14-11(13(15)16)5-6-17-12/h3-4,7,11-12,14H,5-6H2,1-2H3,(H,15,16). The van der Waals surface area contributed by atoms with E-state index in [0.29, 0.717) is 6.42 Å². The van der Waals surface area contributed by atoms with Gasteiger partial charge in [0.1, 0.15) is 6.04 Å². The average Bonchev–Trinajstić information content (AvgIpc) is 2.32. The number of nitrogens with one attached hydrogen (secondary N) is 1. The first-order chi connectivity index (χ1) is 8.08. The van der Waals surface area contributed by atoms with Gasteiger partial charge in [-0.3, -0.25) is 10.1 Å². The van der Waals surface area contributed by atoms with E-state index in [1.165, 1.54) is 16.7 Å². The van der Waals surface area contributed by atoms with Gasteiger partial charge in [0.05, 0.1) is 5.37 Å². The van der Waals surface area contributed by atoms with Crippen LogP contribution in [0.15, 0.2) is 18.2 Å². The number of thioether (sulfide) groups is 1. The van der Waals surface area contributed by atoms with Crippen LogP contribution in [0, 0.1) is 13.8 Å². The second-order valence-electron chi connectivity index (χ2n) is 4.46. The minimum atomic E-state index is -0.749. The molecule has 2 N–H and O–H groups in total. The molecule has 0 amide bonds. The van der Waals surface area contributed by atoms with Crippen molar-refractivity contribution in [2.75, 3.05) is 5.75 Å². The Kier molecular flexibility index (Phi) is 3.74. The van der Waals surface area contributed by atoms with Crippen LogP contribution in [0.4, 0.5) is 0 Å². The maximum atomic E-state index is 11.0. The van der Waals surface area contributed by atoms with Gasteiger partial charge in [0.25, 0.3) is 0 Å². The van der Waals surface area contributed by atoms with E-state index in [1.807, 2.05) is 0 Å². The predicted octanol–water partition coefficient (Wildman–Crippen LogP) is 2.48. The Bertz CT molecular complexity index is 433. The van der Waals surface area contributed by atoms with Gasteiger partial charge in [-0.1, -0.05) is 23.8 Å². The molecule has 1 aromatic rings. The van der Waals surface area contributed by atoms with Gasteiger partial charge in [-0.25, -0.2) is 0 Å². The predicted molar refractivity (Wildman–Crippen MR) is 70.3 cm³/mol. The minimum absolute atomic E-state index is 0.102. The third kappa shape index (κ3) is 2.82.